The van der Waals surface area contributed by atoms with Gasteiger partial charge in [0.15, 0.2) is 0 Å². The van der Waals surface area contributed by atoms with E-state index >= 15 is 0 Å². The third-order valence-corrected chi connectivity index (χ3v) is 3.59. The molecule has 0 spiro atoms. The van der Waals surface area contributed by atoms with Gasteiger partial charge in [0.1, 0.15) is 18.3 Å². The van der Waals surface area contributed by atoms with E-state index in [1.165, 1.54) is 7.11 Å². The van der Waals surface area contributed by atoms with Crippen molar-refractivity contribution in [1.29, 1.82) is 0 Å². The fourth-order valence-electron chi connectivity index (χ4n) is 2.56. The first-order valence-corrected chi connectivity index (χ1v) is 6.93. The third-order valence-electron chi connectivity index (χ3n) is 3.59. The van der Waals surface area contributed by atoms with Crippen LogP contribution in [0.4, 0.5) is 0 Å². The van der Waals surface area contributed by atoms with E-state index in [1.807, 2.05) is 0 Å². The van der Waals surface area contributed by atoms with Crippen molar-refractivity contribution in [2.24, 2.45) is 10.6 Å². The number of hydrogen-bond donors (Lipinski definition) is 0. The molecule has 0 N–H and O–H groups in total. The molecule has 1 aliphatic carbocycles. The van der Waals surface area contributed by atoms with Crippen molar-refractivity contribution in [3.8, 4) is 0 Å². The second-order valence-corrected chi connectivity index (χ2v) is 4.80. The van der Waals surface area contributed by atoms with Crippen LogP contribution >= 0.6 is 0 Å². The molecule has 108 valence electrons. The lowest BCUT2D eigenvalue weighted by molar-refractivity contribution is -0.161. The molecular weight excluding hydrogens is 246 g/mol. The van der Waals surface area contributed by atoms with Crippen LogP contribution in [0.5, 0.6) is 0 Å². The van der Waals surface area contributed by atoms with Crippen LogP contribution in [-0.2, 0) is 19.2 Å². The second kappa shape index (κ2) is 7.92. The molecule has 1 fully saturated rings. The van der Waals surface area contributed by atoms with Gasteiger partial charge in [-0.25, -0.2) is 0 Å². The lowest BCUT2D eigenvalue weighted by Gasteiger charge is -2.28. The zero-order valence-electron chi connectivity index (χ0n) is 11.8. The van der Waals surface area contributed by atoms with E-state index < -0.39 is 5.41 Å². The molecule has 1 atom stereocenters. The van der Waals surface area contributed by atoms with Crippen molar-refractivity contribution in [3.05, 3.63) is 0 Å². The quantitative estimate of drug-likeness (QED) is 0.244. The van der Waals surface area contributed by atoms with E-state index in [-0.39, 0.29) is 11.8 Å². The van der Waals surface area contributed by atoms with Crippen LogP contribution in [0.25, 0.3) is 0 Å². The number of carbonyl (C=O) groups excluding carboxylic acids is 2. The van der Waals surface area contributed by atoms with E-state index in [1.54, 1.807) is 13.1 Å². The fourth-order valence-corrected chi connectivity index (χ4v) is 2.56. The minimum Gasteiger partial charge on any atom is -0.465 e. The maximum Gasteiger partial charge on any atom is 0.319 e. The molecule has 0 heterocycles. The summed E-state index contributed by atoms with van der Waals surface area (Å²) >= 11 is 0. The summed E-state index contributed by atoms with van der Waals surface area (Å²) in [5, 5.41) is 3.65. The molecule has 0 bridgehead atoms. The van der Waals surface area contributed by atoms with Crippen molar-refractivity contribution >= 4 is 18.0 Å². The molecule has 0 radical (unpaired) electrons. The maximum atomic E-state index is 12.3. The Kier molecular flexibility index (Phi) is 6.53. The summed E-state index contributed by atoms with van der Waals surface area (Å²) in [6.07, 6.45) is 6.41. The van der Waals surface area contributed by atoms with Gasteiger partial charge in [-0.05, 0) is 32.6 Å². The van der Waals surface area contributed by atoms with Crippen LogP contribution in [0.3, 0.4) is 0 Å². The van der Waals surface area contributed by atoms with Crippen LogP contribution < -0.4 is 0 Å². The molecular formula is C14H23NO4. The second-order valence-electron chi connectivity index (χ2n) is 4.80. The Bertz CT molecular complexity index is 340. The van der Waals surface area contributed by atoms with Crippen LogP contribution in [-0.4, -0.2) is 31.7 Å². The molecule has 0 amide bonds. The Morgan fingerprint density at radius 1 is 1.42 bits per heavy atom. The number of hydrogen-bond acceptors (Lipinski definition) is 5. The van der Waals surface area contributed by atoms with Crippen LogP contribution in [0.2, 0.25) is 0 Å². The van der Waals surface area contributed by atoms with Gasteiger partial charge in [0.05, 0.1) is 6.61 Å². The summed E-state index contributed by atoms with van der Waals surface area (Å²) in [5.41, 5.74) is -0.966. The van der Waals surface area contributed by atoms with Crippen LogP contribution in [0.1, 0.15) is 51.9 Å². The first kappa shape index (κ1) is 15.7. The molecule has 1 unspecified atom stereocenters. The Morgan fingerprint density at radius 2 is 2.21 bits per heavy atom. The number of Topliss-reactive ketones (excluding diaryl/α,β-unsaturated/α-hetero) is 1. The number of ketones is 1. The summed E-state index contributed by atoms with van der Waals surface area (Å²) in [7, 11) is 1.47. The summed E-state index contributed by atoms with van der Waals surface area (Å²) in [6.45, 7) is 2.07. The minimum absolute atomic E-state index is 0.0225. The molecule has 0 aliphatic heterocycles. The van der Waals surface area contributed by atoms with E-state index in [0.717, 1.165) is 19.3 Å². The van der Waals surface area contributed by atoms with Crippen molar-refractivity contribution in [2.45, 2.75) is 51.9 Å². The predicted octanol–water partition coefficient (Wildman–Crippen LogP) is 2.48. The van der Waals surface area contributed by atoms with Gasteiger partial charge in [-0.1, -0.05) is 18.0 Å². The average Bonchev–Trinajstić information content (AvgIpc) is 2.58. The van der Waals surface area contributed by atoms with Crippen LogP contribution in [0.15, 0.2) is 5.16 Å². The number of oxime groups is 1. The summed E-state index contributed by atoms with van der Waals surface area (Å²) < 4.78 is 5.13. The standard InChI is InChI=1S/C14H23NO4/c1-3-19-13(17)14(10-7-11-15-18-2)9-6-4-5-8-12(14)16/h11H,3-10H2,1-2H3/b15-11+. The van der Waals surface area contributed by atoms with Gasteiger partial charge in [0.25, 0.3) is 0 Å². The van der Waals surface area contributed by atoms with Gasteiger partial charge in [0, 0.05) is 12.6 Å². The highest BCUT2D eigenvalue weighted by atomic mass is 16.6. The molecule has 0 aromatic heterocycles. The Balaban J connectivity index is 2.84. The minimum atomic E-state index is -0.966. The number of carbonyl (C=O) groups is 2. The molecule has 5 nitrogen and oxygen atoms in total. The molecule has 0 aromatic rings. The molecule has 1 aliphatic rings. The SMILES string of the molecule is CCOC(=O)C1(CC/C=N/OC)CCCCCC1=O. The van der Waals surface area contributed by atoms with Crippen molar-refractivity contribution in [1.82, 2.24) is 0 Å². The lowest BCUT2D eigenvalue weighted by Crippen LogP contribution is -2.40. The van der Waals surface area contributed by atoms with Crippen LogP contribution in [0, 0.1) is 5.41 Å². The first-order chi connectivity index (χ1) is 9.17. The lowest BCUT2D eigenvalue weighted by atomic mass is 9.75. The van der Waals surface area contributed by atoms with Gasteiger partial charge in [-0.3, -0.25) is 9.59 Å². The van der Waals surface area contributed by atoms with Crippen molar-refractivity contribution in [2.75, 3.05) is 13.7 Å². The van der Waals surface area contributed by atoms with Gasteiger partial charge in [-0.2, -0.15) is 0 Å². The Hall–Kier alpha value is -1.39. The van der Waals surface area contributed by atoms with Gasteiger partial charge in [0.2, 0.25) is 0 Å². The first-order valence-electron chi connectivity index (χ1n) is 6.93. The van der Waals surface area contributed by atoms with E-state index in [0.29, 0.717) is 32.3 Å². The number of ether oxygens (including phenoxy) is 1. The van der Waals surface area contributed by atoms with E-state index in [2.05, 4.69) is 9.99 Å². The molecule has 5 heteroatoms. The third kappa shape index (κ3) is 4.04. The summed E-state index contributed by atoms with van der Waals surface area (Å²) in [4.78, 5) is 29.2. The molecule has 0 aromatic carbocycles. The predicted molar refractivity (Wildman–Crippen MR) is 71.9 cm³/mol. The average molecular weight is 269 g/mol. The highest BCUT2D eigenvalue weighted by Crippen LogP contribution is 2.37. The summed E-state index contributed by atoms with van der Waals surface area (Å²) in [6, 6.07) is 0. The Labute approximate surface area is 114 Å². The smallest absolute Gasteiger partial charge is 0.319 e. The van der Waals surface area contributed by atoms with Crippen molar-refractivity contribution in [3.63, 3.8) is 0 Å². The molecule has 0 saturated heterocycles. The maximum absolute atomic E-state index is 12.3. The molecule has 19 heavy (non-hydrogen) atoms. The molecule has 1 rings (SSSR count). The zero-order valence-corrected chi connectivity index (χ0v) is 11.8. The Morgan fingerprint density at radius 3 is 2.89 bits per heavy atom. The highest BCUT2D eigenvalue weighted by molar-refractivity contribution is 6.04. The summed E-state index contributed by atoms with van der Waals surface area (Å²) in [5.74, 6) is -0.345. The van der Waals surface area contributed by atoms with Crippen molar-refractivity contribution < 1.29 is 19.2 Å². The van der Waals surface area contributed by atoms with Gasteiger partial charge in [-0.15, -0.1) is 0 Å². The normalized spacial score (nSPS) is 24.2. The van der Waals surface area contributed by atoms with E-state index in [9.17, 15) is 9.59 Å². The largest absolute Gasteiger partial charge is 0.465 e. The number of rotatable bonds is 6. The number of esters is 1. The zero-order chi connectivity index (χ0) is 14.1. The monoisotopic (exact) mass is 269 g/mol. The van der Waals surface area contributed by atoms with Gasteiger partial charge < -0.3 is 9.57 Å². The molecule has 1 saturated carbocycles. The van der Waals surface area contributed by atoms with Gasteiger partial charge >= 0.3 is 5.97 Å². The van der Waals surface area contributed by atoms with E-state index in [4.69, 9.17) is 4.74 Å². The number of nitrogens with zero attached hydrogens (tertiary/aromatic N) is 1. The fraction of sp³-hybridized carbons (Fsp3) is 0.786. The topological polar surface area (TPSA) is 65.0 Å². The highest BCUT2D eigenvalue weighted by Gasteiger charge is 2.46.